The Morgan fingerprint density at radius 1 is 1.15 bits per heavy atom. The minimum Gasteiger partial charge on any atom is -0.463 e. The molecule has 6 nitrogen and oxygen atoms in total. The van der Waals surface area contributed by atoms with E-state index in [4.69, 9.17) is 4.74 Å². The number of nitrogens with one attached hydrogen (secondary N) is 1. The largest absolute Gasteiger partial charge is 0.463 e. The quantitative estimate of drug-likeness (QED) is 0.606. The normalized spacial score (nSPS) is 16.1. The Hall–Kier alpha value is -3.48. The Labute approximate surface area is 193 Å². The van der Waals surface area contributed by atoms with Gasteiger partial charge in [0.15, 0.2) is 0 Å². The highest BCUT2D eigenvalue weighted by atomic mass is 19.1. The molecule has 0 fully saturated rings. The minimum absolute atomic E-state index is 0.0633. The molecule has 1 aliphatic heterocycles. The van der Waals surface area contributed by atoms with Crippen LogP contribution in [0.4, 0.5) is 4.39 Å². The van der Waals surface area contributed by atoms with E-state index in [9.17, 15) is 18.8 Å². The summed E-state index contributed by atoms with van der Waals surface area (Å²) in [6, 6.07) is 12.9. The van der Waals surface area contributed by atoms with Crippen LogP contribution < -0.4 is 5.32 Å². The molecule has 0 bridgehead atoms. The van der Waals surface area contributed by atoms with Crippen molar-refractivity contribution < 1.29 is 23.5 Å². The first-order chi connectivity index (χ1) is 15.8. The summed E-state index contributed by atoms with van der Waals surface area (Å²) in [5.41, 5.74) is 2.86. The summed E-state index contributed by atoms with van der Waals surface area (Å²) in [5, 5.41) is 2.84. The molecule has 1 unspecified atom stereocenters. The summed E-state index contributed by atoms with van der Waals surface area (Å²) in [6.07, 6.45) is 0.900. The van der Waals surface area contributed by atoms with Crippen molar-refractivity contribution in [2.75, 3.05) is 13.2 Å². The van der Waals surface area contributed by atoms with Gasteiger partial charge in [0, 0.05) is 30.1 Å². The summed E-state index contributed by atoms with van der Waals surface area (Å²) in [6.45, 7) is 6.43. The fourth-order valence-corrected chi connectivity index (χ4v) is 3.99. The number of hydrogen-bond donors (Lipinski definition) is 1. The molecule has 2 aromatic rings. The van der Waals surface area contributed by atoms with E-state index in [1.807, 2.05) is 13.0 Å². The number of carbonyl (C=O) groups excluding carboxylic acids is 3. The van der Waals surface area contributed by atoms with Gasteiger partial charge in [0.25, 0.3) is 5.91 Å². The molecule has 1 aliphatic rings. The Balaban J connectivity index is 1.94. The Bertz CT molecular complexity index is 1060. The van der Waals surface area contributed by atoms with Crippen LogP contribution in [0.5, 0.6) is 0 Å². The van der Waals surface area contributed by atoms with Gasteiger partial charge < -0.3 is 15.0 Å². The molecular formula is C26H29FN2O4. The third-order valence-electron chi connectivity index (χ3n) is 5.66. The van der Waals surface area contributed by atoms with Gasteiger partial charge in [0.05, 0.1) is 18.7 Å². The average Bonchev–Trinajstić information content (AvgIpc) is 2.80. The van der Waals surface area contributed by atoms with Crippen molar-refractivity contribution in [3.05, 3.63) is 82.3 Å². The molecular weight excluding hydrogens is 423 g/mol. The SMILES string of the molecule is CCCNC(=O)c1cccc(CN2C(=O)CC(c3ccc(F)cc3)C(C(=O)OCC)=C2C)c1. The number of rotatable bonds is 8. The zero-order valence-corrected chi connectivity index (χ0v) is 19.2. The van der Waals surface area contributed by atoms with Crippen molar-refractivity contribution in [3.63, 3.8) is 0 Å². The van der Waals surface area contributed by atoms with Gasteiger partial charge in [0.1, 0.15) is 5.82 Å². The first kappa shape index (κ1) is 24.2. The van der Waals surface area contributed by atoms with Crippen LogP contribution in [0.15, 0.2) is 59.8 Å². The number of amides is 2. The summed E-state index contributed by atoms with van der Waals surface area (Å²) >= 11 is 0. The standard InChI is InChI=1S/C26H29FN2O4/c1-4-13-28-25(31)20-8-6-7-18(14-20)16-29-17(3)24(26(32)33-5-2)22(15-23(29)30)19-9-11-21(27)12-10-19/h6-12,14,22H,4-5,13,15-16H2,1-3H3,(H,28,31). The van der Waals surface area contributed by atoms with Crippen LogP contribution >= 0.6 is 0 Å². The predicted octanol–water partition coefficient (Wildman–Crippen LogP) is 4.32. The lowest BCUT2D eigenvalue weighted by molar-refractivity contribution is -0.140. The van der Waals surface area contributed by atoms with E-state index in [0.29, 0.717) is 28.9 Å². The van der Waals surface area contributed by atoms with Crippen molar-refractivity contribution >= 4 is 17.8 Å². The van der Waals surface area contributed by atoms with E-state index in [0.717, 1.165) is 12.0 Å². The van der Waals surface area contributed by atoms with Gasteiger partial charge >= 0.3 is 5.97 Å². The van der Waals surface area contributed by atoms with E-state index >= 15 is 0 Å². The molecule has 174 valence electrons. The third kappa shape index (κ3) is 5.66. The number of hydrogen-bond acceptors (Lipinski definition) is 4. The second-order valence-corrected chi connectivity index (χ2v) is 7.96. The molecule has 0 spiro atoms. The number of allylic oxidation sites excluding steroid dienone is 1. The zero-order chi connectivity index (χ0) is 24.0. The molecule has 3 rings (SSSR count). The van der Waals surface area contributed by atoms with Gasteiger partial charge in [0.2, 0.25) is 5.91 Å². The molecule has 0 aromatic heterocycles. The molecule has 1 N–H and O–H groups in total. The monoisotopic (exact) mass is 452 g/mol. The second-order valence-electron chi connectivity index (χ2n) is 7.96. The predicted molar refractivity (Wildman–Crippen MR) is 123 cm³/mol. The van der Waals surface area contributed by atoms with Gasteiger partial charge in [-0.05, 0) is 55.7 Å². The van der Waals surface area contributed by atoms with Gasteiger partial charge in [-0.15, -0.1) is 0 Å². The number of benzene rings is 2. The summed E-state index contributed by atoms with van der Waals surface area (Å²) in [5.74, 6) is -1.71. The van der Waals surface area contributed by atoms with Crippen LogP contribution in [-0.4, -0.2) is 35.8 Å². The zero-order valence-electron chi connectivity index (χ0n) is 19.2. The maximum Gasteiger partial charge on any atom is 0.336 e. The first-order valence-corrected chi connectivity index (χ1v) is 11.2. The molecule has 0 saturated heterocycles. The molecule has 2 amide bonds. The van der Waals surface area contributed by atoms with Crippen LogP contribution in [-0.2, 0) is 20.9 Å². The Morgan fingerprint density at radius 2 is 1.88 bits per heavy atom. The second kappa shape index (κ2) is 10.9. The maximum absolute atomic E-state index is 13.4. The Morgan fingerprint density at radius 3 is 2.55 bits per heavy atom. The molecule has 1 heterocycles. The van der Waals surface area contributed by atoms with E-state index in [1.165, 1.54) is 12.1 Å². The smallest absolute Gasteiger partial charge is 0.336 e. The lowest BCUT2D eigenvalue weighted by Crippen LogP contribution is -2.38. The minimum atomic E-state index is -0.514. The molecule has 0 radical (unpaired) electrons. The highest BCUT2D eigenvalue weighted by Crippen LogP contribution is 2.37. The van der Waals surface area contributed by atoms with Crippen molar-refractivity contribution in [2.45, 2.75) is 46.1 Å². The van der Waals surface area contributed by atoms with Crippen molar-refractivity contribution in [2.24, 2.45) is 0 Å². The van der Waals surface area contributed by atoms with E-state index in [-0.39, 0.29) is 37.2 Å². The lowest BCUT2D eigenvalue weighted by atomic mass is 9.83. The first-order valence-electron chi connectivity index (χ1n) is 11.2. The van der Waals surface area contributed by atoms with Crippen LogP contribution in [0.2, 0.25) is 0 Å². The van der Waals surface area contributed by atoms with Gasteiger partial charge in [-0.1, -0.05) is 31.2 Å². The van der Waals surface area contributed by atoms with Gasteiger partial charge in [-0.2, -0.15) is 0 Å². The van der Waals surface area contributed by atoms with Crippen LogP contribution in [0, 0.1) is 5.82 Å². The number of carbonyl (C=O) groups is 3. The molecule has 0 saturated carbocycles. The van der Waals surface area contributed by atoms with Gasteiger partial charge in [-0.25, -0.2) is 9.18 Å². The average molecular weight is 453 g/mol. The third-order valence-corrected chi connectivity index (χ3v) is 5.66. The summed E-state index contributed by atoms with van der Waals surface area (Å²) in [7, 11) is 0. The van der Waals surface area contributed by atoms with Crippen molar-refractivity contribution in [3.8, 4) is 0 Å². The van der Waals surface area contributed by atoms with Crippen LogP contribution in [0.3, 0.4) is 0 Å². The number of esters is 1. The molecule has 0 aliphatic carbocycles. The molecule has 7 heteroatoms. The number of halogens is 1. The lowest BCUT2D eigenvalue weighted by Gasteiger charge is -2.34. The highest BCUT2D eigenvalue weighted by molar-refractivity contribution is 5.96. The Kier molecular flexibility index (Phi) is 7.98. The van der Waals surface area contributed by atoms with E-state index < -0.39 is 11.9 Å². The van der Waals surface area contributed by atoms with E-state index in [1.54, 1.807) is 49.1 Å². The molecule has 33 heavy (non-hydrogen) atoms. The van der Waals surface area contributed by atoms with Crippen molar-refractivity contribution in [1.82, 2.24) is 10.2 Å². The highest BCUT2D eigenvalue weighted by Gasteiger charge is 2.36. The molecule has 2 aromatic carbocycles. The fraction of sp³-hybridized carbons (Fsp3) is 0.346. The topological polar surface area (TPSA) is 75.7 Å². The van der Waals surface area contributed by atoms with Gasteiger partial charge in [-0.3, -0.25) is 9.59 Å². The molecule has 1 atom stereocenters. The van der Waals surface area contributed by atoms with Crippen LogP contribution in [0.1, 0.15) is 61.0 Å². The maximum atomic E-state index is 13.4. The van der Waals surface area contributed by atoms with E-state index in [2.05, 4.69) is 5.32 Å². The number of nitrogens with zero attached hydrogens (tertiary/aromatic N) is 1. The fourth-order valence-electron chi connectivity index (χ4n) is 3.99. The summed E-state index contributed by atoms with van der Waals surface area (Å²) in [4.78, 5) is 39.9. The summed E-state index contributed by atoms with van der Waals surface area (Å²) < 4.78 is 18.7. The number of ether oxygens (including phenoxy) is 1. The van der Waals surface area contributed by atoms with Crippen LogP contribution in [0.25, 0.3) is 0 Å². The van der Waals surface area contributed by atoms with Crippen molar-refractivity contribution in [1.29, 1.82) is 0 Å².